The molecule has 0 aromatic heterocycles. The van der Waals surface area contributed by atoms with E-state index in [-0.39, 0.29) is 5.41 Å². The van der Waals surface area contributed by atoms with Gasteiger partial charge in [0.25, 0.3) is 0 Å². The third-order valence-electron chi connectivity index (χ3n) is 3.38. The molecule has 0 aliphatic carbocycles. The summed E-state index contributed by atoms with van der Waals surface area (Å²) in [4.78, 5) is 0. The minimum absolute atomic E-state index is 0.0471. The number of ether oxygens (including phenoxy) is 3. The van der Waals surface area contributed by atoms with Gasteiger partial charge in [-0.2, -0.15) is 0 Å². The van der Waals surface area contributed by atoms with Gasteiger partial charge in [-0.25, -0.2) is 0 Å². The van der Waals surface area contributed by atoms with E-state index in [1.165, 1.54) is 0 Å². The van der Waals surface area contributed by atoms with Gasteiger partial charge in [-0.05, 0) is 35.2 Å². The normalized spacial score (nSPS) is 11.2. The van der Waals surface area contributed by atoms with Crippen LogP contribution in [0.5, 0.6) is 23.0 Å². The van der Waals surface area contributed by atoms with E-state index < -0.39 is 0 Å². The summed E-state index contributed by atoms with van der Waals surface area (Å²) >= 11 is 6.34. The summed E-state index contributed by atoms with van der Waals surface area (Å²) in [5.74, 6) is 2.52. The summed E-state index contributed by atoms with van der Waals surface area (Å²) in [5.41, 5.74) is 1.21. The van der Waals surface area contributed by atoms with Crippen molar-refractivity contribution in [1.29, 1.82) is 0 Å². The van der Waals surface area contributed by atoms with Crippen molar-refractivity contribution in [3.8, 4) is 23.0 Å². The maximum atomic E-state index is 6.34. The smallest absolute Gasteiger partial charge is 0.164 e. The van der Waals surface area contributed by atoms with Gasteiger partial charge in [0.1, 0.15) is 11.5 Å². The Bertz CT molecular complexity index is 660. The van der Waals surface area contributed by atoms with Crippen LogP contribution >= 0.6 is 11.6 Å². The SMILES string of the molecule is COc1ccc(Oc2ccc(C(C)(C)C)cc2Cl)cc1OC. The van der Waals surface area contributed by atoms with Gasteiger partial charge in [0, 0.05) is 6.07 Å². The van der Waals surface area contributed by atoms with Crippen molar-refractivity contribution in [1.82, 2.24) is 0 Å². The lowest BCUT2D eigenvalue weighted by atomic mass is 9.87. The Labute approximate surface area is 136 Å². The average molecular weight is 321 g/mol. The lowest BCUT2D eigenvalue weighted by Gasteiger charge is -2.20. The van der Waals surface area contributed by atoms with Crippen LogP contribution in [0.3, 0.4) is 0 Å². The van der Waals surface area contributed by atoms with Crippen LogP contribution in [0.2, 0.25) is 5.02 Å². The minimum Gasteiger partial charge on any atom is -0.493 e. The van der Waals surface area contributed by atoms with Gasteiger partial charge in [0.2, 0.25) is 0 Å². The van der Waals surface area contributed by atoms with Crippen LogP contribution in [0.25, 0.3) is 0 Å². The molecule has 2 rings (SSSR count). The van der Waals surface area contributed by atoms with Gasteiger partial charge in [-0.3, -0.25) is 0 Å². The summed E-state index contributed by atoms with van der Waals surface area (Å²) in [6, 6.07) is 11.2. The first-order valence-electron chi connectivity index (χ1n) is 7.05. The van der Waals surface area contributed by atoms with Gasteiger partial charge in [0.05, 0.1) is 19.2 Å². The van der Waals surface area contributed by atoms with Gasteiger partial charge in [-0.15, -0.1) is 0 Å². The van der Waals surface area contributed by atoms with E-state index in [1.54, 1.807) is 26.4 Å². The van der Waals surface area contributed by atoms with E-state index in [1.807, 2.05) is 24.3 Å². The zero-order valence-corrected chi connectivity index (χ0v) is 14.3. The second kappa shape index (κ2) is 6.49. The lowest BCUT2D eigenvalue weighted by molar-refractivity contribution is 0.352. The minimum atomic E-state index is 0.0471. The van der Waals surface area contributed by atoms with Crippen LogP contribution < -0.4 is 14.2 Å². The Morgan fingerprint density at radius 3 is 2.00 bits per heavy atom. The van der Waals surface area contributed by atoms with E-state index in [2.05, 4.69) is 20.8 Å². The predicted molar refractivity (Wildman–Crippen MR) is 89.8 cm³/mol. The number of rotatable bonds is 4. The lowest BCUT2D eigenvalue weighted by Crippen LogP contribution is -2.10. The van der Waals surface area contributed by atoms with Gasteiger partial charge in [-0.1, -0.05) is 38.4 Å². The largest absolute Gasteiger partial charge is 0.493 e. The average Bonchev–Trinajstić information content (AvgIpc) is 2.48. The molecule has 0 atom stereocenters. The summed E-state index contributed by atoms with van der Waals surface area (Å²) in [5, 5.41) is 0.585. The highest BCUT2D eigenvalue weighted by Crippen LogP contribution is 2.37. The van der Waals surface area contributed by atoms with E-state index in [9.17, 15) is 0 Å². The Morgan fingerprint density at radius 2 is 1.45 bits per heavy atom. The molecule has 2 aromatic rings. The Hall–Kier alpha value is -1.87. The third kappa shape index (κ3) is 3.66. The molecule has 0 bridgehead atoms. The van der Waals surface area contributed by atoms with Crippen LogP contribution in [-0.4, -0.2) is 14.2 Å². The summed E-state index contributed by atoms with van der Waals surface area (Å²) in [6.07, 6.45) is 0. The van der Waals surface area contributed by atoms with Crippen molar-refractivity contribution >= 4 is 11.6 Å². The molecule has 2 aromatic carbocycles. The fourth-order valence-corrected chi connectivity index (χ4v) is 2.28. The number of hydrogen-bond donors (Lipinski definition) is 0. The second-order valence-electron chi connectivity index (χ2n) is 6.01. The molecule has 0 unspecified atom stereocenters. The highest BCUT2D eigenvalue weighted by atomic mass is 35.5. The molecule has 0 saturated carbocycles. The first-order chi connectivity index (χ1) is 10.3. The highest BCUT2D eigenvalue weighted by molar-refractivity contribution is 6.32. The first-order valence-corrected chi connectivity index (χ1v) is 7.43. The quantitative estimate of drug-likeness (QED) is 0.750. The molecule has 22 heavy (non-hydrogen) atoms. The molecule has 0 aliphatic rings. The van der Waals surface area contributed by atoms with Crippen molar-refractivity contribution in [3.63, 3.8) is 0 Å². The van der Waals surface area contributed by atoms with Gasteiger partial charge >= 0.3 is 0 Å². The van der Waals surface area contributed by atoms with Crippen LogP contribution in [-0.2, 0) is 5.41 Å². The molecule has 0 spiro atoms. The van der Waals surface area contributed by atoms with Crippen molar-refractivity contribution in [3.05, 3.63) is 47.0 Å². The molecule has 0 radical (unpaired) electrons. The van der Waals surface area contributed by atoms with E-state index in [0.717, 1.165) is 5.56 Å². The summed E-state index contributed by atoms with van der Waals surface area (Å²) < 4.78 is 16.3. The van der Waals surface area contributed by atoms with Crippen LogP contribution in [0.4, 0.5) is 0 Å². The third-order valence-corrected chi connectivity index (χ3v) is 3.68. The summed E-state index contributed by atoms with van der Waals surface area (Å²) in [6.45, 7) is 6.44. The monoisotopic (exact) mass is 320 g/mol. The van der Waals surface area contributed by atoms with E-state index in [4.69, 9.17) is 25.8 Å². The predicted octanol–water partition coefficient (Wildman–Crippen LogP) is 5.45. The van der Waals surface area contributed by atoms with Gasteiger partial charge < -0.3 is 14.2 Å². The van der Waals surface area contributed by atoms with Crippen LogP contribution in [0.15, 0.2) is 36.4 Å². The number of halogens is 1. The van der Waals surface area contributed by atoms with Crippen molar-refractivity contribution in [2.45, 2.75) is 26.2 Å². The fraction of sp³-hybridized carbons (Fsp3) is 0.333. The zero-order chi connectivity index (χ0) is 16.3. The molecule has 0 saturated heterocycles. The standard InChI is InChI=1S/C18H21ClO3/c1-18(2,3)12-6-8-15(14(19)10-12)22-13-7-9-16(20-4)17(11-13)21-5/h6-11H,1-5H3. The van der Waals surface area contributed by atoms with E-state index in [0.29, 0.717) is 28.0 Å². The Balaban J connectivity index is 2.28. The molecule has 0 amide bonds. The number of hydrogen-bond acceptors (Lipinski definition) is 3. The molecular weight excluding hydrogens is 300 g/mol. The molecule has 118 valence electrons. The second-order valence-corrected chi connectivity index (χ2v) is 6.42. The molecule has 3 nitrogen and oxygen atoms in total. The fourth-order valence-electron chi connectivity index (χ4n) is 2.06. The first kappa shape index (κ1) is 16.5. The van der Waals surface area contributed by atoms with E-state index >= 15 is 0 Å². The van der Waals surface area contributed by atoms with Crippen LogP contribution in [0.1, 0.15) is 26.3 Å². The maximum absolute atomic E-state index is 6.34. The maximum Gasteiger partial charge on any atom is 0.164 e. The molecular formula is C18H21ClO3. The topological polar surface area (TPSA) is 27.7 Å². The molecule has 0 heterocycles. The molecule has 0 aliphatic heterocycles. The molecule has 4 heteroatoms. The number of methoxy groups -OCH3 is 2. The van der Waals surface area contributed by atoms with Crippen molar-refractivity contribution < 1.29 is 14.2 Å². The van der Waals surface area contributed by atoms with Crippen molar-refractivity contribution in [2.75, 3.05) is 14.2 Å². The zero-order valence-electron chi connectivity index (χ0n) is 13.6. The number of benzene rings is 2. The van der Waals surface area contributed by atoms with Crippen molar-refractivity contribution in [2.24, 2.45) is 0 Å². The summed E-state index contributed by atoms with van der Waals surface area (Å²) in [7, 11) is 3.19. The molecule has 0 N–H and O–H groups in total. The van der Waals surface area contributed by atoms with Crippen LogP contribution in [0, 0.1) is 0 Å². The Morgan fingerprint density at radius 1 is 0.818 bits per heavy atom. The Kier molecular flexibility index (Phi) is 4.87. The highest BCUT2D eigenvalue weighted by Gasteiger charge is 2.16. The molecule has 0 fully saturated rings. The van der Waals surface area contributed by atoms with Gasteiger partial charge in [0.15, 0.2) is 11.5 Å².